The number of nitrogens with one attached hydrogen (secondary N) is 2. The number of carbonyl (C=O) groups is 2. The van der Waals surface area contributed by atoms with Crippen LogP contribution in [0.3, 0.4) is 0 Å². The van der Waals surface area contributed by atoms with Gasteiger partial charge in [0.05, 0.1) is 18.5 Å². The average Bonchev–Trinajstić information content (AvgIpc) is 3.09. The normalized spacial score (nSPS) is 10.4. The van der Waals surface area contributed by atoms with Gasteiger partial charge in [0, 0.05) is 16.0 Å². The van der Waals surface area contributed by atoms with Crippen LogP contribution >= 0.6 is 23.1 Å². The largest absolute Gasteiger partial charge is 0.326 e. The van der Waals surface area contributed by atoms with Crippen molar-refractivity contribution in [3.05, 3.63) is 71.2 Å². The number of carbonyl (C=O) groups excluding carboxylic acids is 2. The maximum atomic E-state index is 12.2. The van der Waals surface area contributed by atoms with Crippen LogP contribution in [0.1, 0.15) is 11.3 Å². The second-order valence-electron chi connectivity index (χ2n) is 5.81. The fraction of sp³-hybridized carbons (Fsp3) is 0.150. The minimum absolute atomic E-state index is 0.125. The molecule has 3 aromatic rings. The standard InChI is InChI=1S/C20H19N3O2S2/c1-26-17-9-5-8-15(11-17)21-19(25)12-16-13-27-20(22-16)23-18(24)10-14-6-3-2-4-7-14/h2-9,11,13H,10,12H2,1H3,(H,21,25)(H,22,23,24). The molecule has 0 aliphatic carbocycles. The van der Waals surface area contributed by atoms with Gasteiger partial charge in [0.15, 0.2) is 5.13 Å². The Kier molecular flexibility index (Phi) is 6.62. The molecule has 2 amide bonds. The first kappa shape index (κ1) is 19.1. The molecule has 0 bridgehead atoms. The SMILES string of the molecule is CSc1cccc(NC(=O)Cc2csc(NC(=O)Cc3ccccc3)n2)c1. The Morgan fingerprint density at radius 3 is 2.56 bits per heavy atom. The lowest BCUT2D eigenvalue weighted by molar-refractivity contribution is -0.116. The Morgan fingerprint density at radius 2 is 1.78 bits per heavy atom. The molecule has 1 heterocycles. The molecule has 0 aliphatic rings. The van der Waals surface area contributed by atoms with Crippen molar-refractivity contribution in [2.24, 2.45) is 0 Å². The predicted octanol–water partition coefficient (Wildman–Crippen LogP) is 4.23. The first-order valence-electron chi connectivity index (χ1n) is 8.34. The minimum atomic E-state index is -0.138. The van der Waals surface area contributed by atoms with E-state index in [0.717, 1.165) is 16.1 Å². The third kappa shape index (κ3) is 5.94. The molecule has 3 rings (SSSR count). The molecule has 2 aromatic carbocycles. The Labute approximate surface area is 166 Å². The van der Waals surface area contributed by atoms with E-state index in [2.05, 4.69) is 15.6 Å². The first-order valence-corrected chi connectivity index (χ1v) is 10.4. The molecule has 138 valence electrons. The average molecular weight is 398 g/mol. The number of thioether (sulfide) groups is 1. The third-order valence-corrected chi connectivity index (χ3v) is 5.23. The number of nitrogens with zero attached hydrogens (tertiary/aromatic N) is 1. The number of aromatic nitrogens is 1. The van der Waals surface area contributed by atoms with Crippen LogP contribution in [-0.4, -0.2) is 23.1 Å². The number of hydrogen-bond donors (Lipinski definition) is 2. The second-order valence-corrected chi connectivity index (χ2v) is 7.55. The lowest BCUT2D eigenvalue weighted by atomic mass is 10.1. The number of thiazole rings is 1. The summed E-state index contributed by atoms with van der Waals surface area (Å²) in [5, 5.41) is 7.95. The molecule has 0 radical (unpaired) electrons. The summed E-state index contributed by atoms with van der Waals surface area (Å²) in [6, 6.07) is 17.2. The van der Waals surface area contributed by atoms with Crippen molar-refractivity contribution in [3.63, 3.8) is 0 Å². The maximum Gasteiger partial charge on any atom is 0.230 e. The highest BCUT2D eigenvalue weighted by Crippen LogP contribution is 2.20. The molecular formula is C20H19N3O2S2. The van der Waals surface area contributed by atoms with E-state index in [0.29, 0.717) is 17.2 Å². The van der Waals surface area contributed by atoms with Gasteiger partial charge in [0.2, 0.25) is 11.8 Å². The molecule has 0 fully saturated rings. The Hall–Kier alpha value is -2.64. The minimum Gasteiger partial charge on any atom is -0.326 e. The number of anilines is 2. The summed E-state index contributed by atoms with van der Waals surface area (Å²) in [5.41, 5.74) is 2.34. The number of amides is 2. The van der Waals surface area contributed by atoms with Gasteiger partial charge in [-0.15, -0.1) is 23.1 Å². The first-order chi connectivity index (χ1) is 13.1. The van der Waals surface area contributed by atoms with Crippen LogP contribution in [0.5, 0.6) is 0 Å². The topological polar surface area (TPSA) is 71.1 Å². The van der Waals surface area contributed by atoms with Crippen LogP contribution in [0.25, 0.3) is 0 Å². The van der Waals surface area contributed by atoms with E-state index < -0.39 is 0 Å². The van der Waals surface area contributed by atoms with Gasteiger partial charge >= 0.3 is 0 Å². The van der Waals surface area contributed by atoms with Crippen molar-refractivity contribution >= 4 is 45.7 Å². The summed E-state index contributed by atoms with van der Waals surface area (Å²) >= 11 is 2.94. The molecule has 0 unspecified atom stereocenters. The van der Waals surface area contributed by atoms with Crippen molar-refractivity contribution < 1.29 is 9.59 Å². The van der Waals surface area contributed by atoms with E-state index in [1.165, 1.54) is 11.3 Å². The summed E-state index contributed by atoms with van der Waals surface area (Å²) in [5.74, 6) is -0.263. The van der Waals surface area contributed by atoms with Crippen LogP contribution in [0.15, 0.2) is 64.9 Å². The monoisotopic (exact) mass is 397 g/mol. The second kappa shape index (κ2) is 9.34. The van der Waals surface area contributed by atoms with Gasteiger partial charge in [0.1, 0.15) is 0 Å². The van der Waals surface area contributed by atoms with Crippen LogP contribution < -0.4 is 10.6 Å². The van der Waals surface area contributed by atoms with Gasteiger partial charge in [-0.1, -0.05) is 36.4 Å². The molecule has 2 N–H and O–H groups in total. The van der Waals surface area contributed by atoms with Gasteiger partial charge < -0.3 is 10.6 Å². The molecular weight excluding hydrogens is 378 g/mol. The lowest BCUT2D eigenvalue weighted by Crippen LogP contribution is -2.16. The zero-order valence-electron chi connectivity index (χ0n) is 14.8. The van der Waals surface area contributed by atoms with Crippen molar-refractivity contribution in [1.29, 1.82) is 0 Å². The van der Waals surface area contributed by atoms with E-state index in [4.69, 9.17) is 0 Å². The number of hydrogen-bond acceptors (Lipinski definition) is 5. The smallest absolute Gasteiger partial charge is 0.230 e. The van der Waals surface area contributed by atoms with Crippen molar-refractivity contribution in [3.8, 4) is 0 Å². The summed E-state index contributed by atoms with van der Waals surface area (Å²) in [4.78, 5) is 29.7. The van der Waals surface area contributed by atoms with Crippen LogP contribution in [0.4, 0.5) is 10.8 Å². The molecule has 0 aliphatic heterocycles. The lowest BCUT2D eigenvalue weighted by Gasteiger charge is -2.05. The summed E-state index contributed by atoms with van der Waals surface area (Å²) in [6.07, 6.45) is 2.44. The highest BCUT2D eigenvalue weighted by molar-refractivity contribution is 7.98. The highest BCUT2D eigenvalue weighted by atomic mass is 32.2. The van der Waals surface area contributed by atoms with Gasteiger partial charge in [-0.2, -0.15) is 0 Å². The fourth-order valence-electron chi connectivity index (χ4n) is 2.46. The molecule has 0 saturated heterocycles. The highest BCUT2D eigenvalue weighted by Gasteiger charge is 2.11. The van der Waals surface area contributed by atoms with E-state index >= 15 is 0 Å². The van der Waals surface area contributed by atoms with Crippen LogP contribution in [0.2, 0.25) is 0 Å². The summed E-state index contributed by atoms with van der Waals surface area (Å²) < 4.78 is 0. The van der Waals surface area contributed by atoms with E-state index in [-0.39, 0.29) is 18.2 Å². The molecule has 0 saturated carbocycles. The van der Waals surface area contributed by atoms with Crippen molar-refractivity contribution in [2.45, 2.75) is 17.7 Å². The van der Waals surface area contributed by atoms with E-state index in [1.807, 2.05) is 60.9 Å². The Balaban J connectivity index is 1.52. The van der Waals surface area contributed by atoms with Crippen molar-refractivity contribution in [1.82, 2.24) is 4.98 Å². The Bertz CT molecular complexity index is 926. The molecule has 1 aromatic heterocycles. The zero-order chi connectivity index (χ0) is 19.1. The molecule has 5 nitrogen and oxygen atoms in total. The Morgan fingerprint density at radius 1 is 1.00 bits per heavy atom. The molecule has 7 heteroatoms. The quantitative estimate of drug-likeness (QED) is 0.586. The predicted molar refractivity (Wildman–Crippen MR) is 111 cm³/mol. The maximum absolute atomic E-state index is 12.2. The van der Waals surface area contributed by atoms with Crippen LogP contribution in [-0.2, 0) is 22.4 Å². The van der Waals surface area contributed by atoms with Gasteiger partial charge in [0.25, 0.3) is 0 Å². The zero-order valence-corrected chi connectivity index (χ0v) is 16.4. The van der Waals surface area contributed by atoms with E-state index in [1.54, 1.807) is 17.1 Å². The van der Waals surface area contributed by atoms with Gasteiger partial charge in [-0.05, 0) is 30.0 Å². The third-order valence-electron chi connectivity index (χ3n) is 3.70. The molecule has 27 heavy (non-hydrogen) atoms. The summed E-state index contributed by atoms with van der Waals surface area (Å²) in [7, 11) is 0. The van der Waals surface area contributed by atoms with Gasteiger partial charge in [-0.3, -0.25) is 9.59 Å². The van der Waals surface area contributed by atoms with E-state index in [9.17, 15) is 9.59 Å². The number of benzene rings is 2. The molecule has 0 atom stereocenters. The van der Waals surface area contributed by atoms with Gasteiger partial charge in [-0.25, -0.2) is 4.98 Å². The fourth-order valence-corrected chi connectivity index (χ4v) is 3.65. The summed E-state index contributed by atoms with van der Waals surface area (Å²) in [6.45, 7) is 0. The molecule has 0 spiro atoms. The van der Waals surface area contributed by atoms with Crippen molar-refractivity contribution in [2.75, 3.05) is 16.9 Å². The number of rotatable bonds is 7. The van der Waals surface area contributed by atoms with Crippen LogP contribution in [0, 0.1) is 0 Å².